The van der Waals surface area contributed by atoms with Crippen molar-refractivity contribution in [3.63, 3.8) is 0 Å². The van der Waals surface area contributed by atoms with Crippen LogP contribution in [0.5, 0.6) is 5.75 Å². The molecule has 0 unspecified atom stereocenters. The molecule has 0 bridgehead atoms. The Morgan fingerprint density at radius 2 is 2.07 bits per heavy atom. The second-order valence-corrected chi connectivity index (χ2v) is 6.08. The number of nitro groups is 1. The van der Waals surface area contributed by atoms with Gasteiger partial charge in [0.15, 0.2) is 12.4 Å². The molecule has 0 aliphatic heterocycles. The lowest BCUT2D eigenvalue weighted by atomic mass is 10.2. The minimum Gasteiger partial charge on any atom is -0.470 e. The fourth-order valence-electron chi connectivity index (χ4n) is 2.34. The number of aryl methyl sites for hydroxylation is 1. The van der Waals surface area contributed by atoms with Gasteiger partial charge in [-0.1, -0.05) is 29.8 Å². The van der Waals surface area contributed by atoms with Crippen LogP contribution in [0.25, 0.3) is 0 Å². The molecule has 2 aromatic carbocycles. The van der Waals surface area contributed by atoms with Crippen molar-refractivity contribution in [2.75, 3.05) is 5.32 Å². The number of nitrogens with one attached hydrogen (secondary N) is 1. The van der Waals surface area contributed by atoms with E-state index in [9.17, 15) is 14.9 Å². The van der Waals surface area contributed by atoms with Crippen LogP contribution in [0, 0.1) is 17.0 Å². The number of hydrogen-bond acceptors (Lipinski definition) is 5. The second-order valence-electron chi connectivity index (χ2n) is 5.68. The van der Waals surface area contributed by atoms with Gasteiger partial charge in [-0.05, 0) is 36.8 Å². The number of hydrogen-bond donors (Lipinski definition) is 1. The highest BCUT2D eigenvalue weighted by Gasteiger charge is 2.18. The summed E-state index contributed by atoms with van der Waals surface area (Å²) in [7, 11) is 0. The highest BCUT2D eigenvalue weighted by atomic mass is 35.5. The number of para-hydroxylation sites is 1. The van der Waals surface area contributed by atoms with E-state index in [1.54, 1.807) is 43.5 Å². The topological polar surface area (TPSA) is 99.3 Å². The van der Waals surface area contributed by atoms with Gasteiger partial charge >= 0.3 is 0 Å². The van der Waals surface area contributed by atoms with E-state index in [4.69, 9.17) is 16.3 Å². The number of ether oxygens (including phenoxy) is 1. The predicted octanol–water partition coefficient (Wildman–Crippen LogP) is 4.04. The maximum Gasteiger partial charge on any atom is 0.293 e. The lowest BCUT2D eigenvalue weighted by molar-refractivity contribution is -0.384. The summed E-state index contributed by atoms with van der Waals surface area (Å²) in [5.74, 6) is -0.0607. The summed E-state index contributed by atoms with van der Waals surface area (Å²) in [5, 5.41) is 18.2. The van der Waals surface area contributed by atoms with E-state index in [0.29, 0.717) is 10.8 Å². The van der Waals surface area contributed by atoms with Crippen LogP contribution in [0.1, 0.15) is 16.1 Å². The number of aromatic nitrogens is 2. The molecule has 0 atom stereocenters. The molecule has 9 heteroatoms. The number of halogens is 1. The summed E-state index contributed by atoms with van der Waals surface area (Å²) in [4.78, 5) is 23.0. The number of anilines is 1. The largest absolute Gasteiger partial charge is 0.470 e. The monoisotopic (exact) mass is 386 g/mol. The third-order valence-corrected chi connectivity index (χ3v) is 3.97. The molecule has 3 rings (SSSR count). The van der Waals surface area contributed by atoms with Gasteiger partial charge in [0.25, 0.3) is 11.6 Å². The summed E-state index contributed by atoms with van der Waals surface area (Å²) in [6, 6.07) is 13.1. The highest BCUT2D eigenvalue weighted by molar-refractivity contribution is 6.32. The zero-order valence-electron chi connectivity index (χ0n) is 14.3. The number of nitrogens with zero attached hydrogens (tertiary/aromatic N) is 3. The Hall–Kier alpha value is -3.39. The van der Waals surface area contributed by atoms with Crippen LogP contribution in [0.3, 0.4) is 0 Å². The van der Waals surface area contributed by atoms with Crippen molar-refractivity contribution in [1.82, 2.24) is 9.78 Å². The second kappa shape index (κ2) is 7.88. The third-order valence-electron chi connectivity index (χ3n) is 3.66. The zero-order valence-corrected chi connectivity index (χ0v) is 15.0. The van der Waals surface area contributed by atoms with Crippen LogP contribution in [-0.4, -0.2) is 20.6 Å². The predicted molar refractivity (Wildman–Crippen MR) is 100 cm³/mol. The molecule has 0 fully saturated rings. The summed E-state index contributed by atoms with van der Waals surface area (Å²) in [6.45, 7) is 1.79. The molecule has 1 aromatic heterocycles. The van der Waals surface area contributed by atoms with E-state index in [2.05, 4.69) is 10.4 Å². The molecule has 138 valence electrons. The van der Waals surface area contributed by atoms with E-state index >= 15 is 0 Å². The number of amides is 1. The molecule has 3 aromatic rings. The Morgan fingerprint density at radius 1 is 1.30 bits per heavy atom. The number of benzene rings is 2. The average molecular weight is 387 g/mol. The standard InChI is InChI=1S/C18H15ClN4O4/c1-12-6-7-14(16(10-12)23(25)26)20-18(24)15-8-9-22(21-15)11-27-17-5-3-2-4-13(17)19/h2-10H,11H2,1H3,(H,20,24). The van der Waals surface area contributed by atoms with Crippen molar-refractivity contribution < 1.29 is 14.5 Å². The van der Waals surface area contributed by atoms with Crippen molar-refractivity contribution in [3.8, 4) is 5.75 Å². The molecule has 0 aliphatic rings. The van der Waals surface area contributed by atoms with Crippen molar-refractivity contribution in [3.05, 3.63) is 81.1 Å². The highest BCUT2D eigenvalue weighted by Crippen LogP contribution is 2.26. The van der Waals surface area contributed by atoms with Crippen LogP contribution in [0.4, 0.5) is 11.4 Å². The number of carbonyl (C=O) groups is 1. The van der Waals surface area contributed by atoms with E-state index in [1.807, 2.05) is 0 Å². The van der Waals surface area contributed by atoms with Crippen molar-refractivity contribution in [2.45, 2.75) is 13.7 Å². The van der Waals surface area contributed by atoms with Crippen LogP contribution in [0.2, 0.25) is 5.02 Å². The van der Waals surface area contributed by atoms with Gasteiger partial charge in [0.05, 0.1) is 9.95 Å². The zero-order chi connectivity index (χ0) is 19.4. The minimum absolute atomic E-state index is 0.0572. The number of rotatable bonds is 6. The van der Waals surface area contributed by atoms with Crippen LogP contribution < -0.4 is 10.1 Å². The van der Waals surface area contributed by atoms with Crippen LogP contribution >= 0.6 is 11.6 Å². The molecule has 0 spiro atoms. The summed E-state index contributed by atoms with van der Waals surface area (Å²) in [6.07, 6.45) is 1.56. The minimum atomic E-state index is -0.557. The normalized spacial score (nSPS) is 10.4. The molecule has 1 N–H and O–H groups in total. The van der Waals surface area contributed by atoms with Crippen LogP contribution in [-0.2, 0) is 6.73 Å². The molecule has 1 heterocycles. The molecule has 1 amide bonds. The van der Waals surface area contributed by atoms with Gasteiger partial charge in [-0.15, -0.1) is 0 Å². The Bertz CT molecular complexity index is 1000. The van der Waals surface area contributed by atoms with Gasteiger partial charge in [0, 0.05) is 12.3 Å². The fraction of sp³-hybridized carbons (Fsp3) is 0.111. The maximum absolute atomic E-state index is 12.3. The van der Waals surface area contributed by atoms with E-state index in [-0.39, 0.29) is 23.8 Å². The van der Waals surface area contributed by atoms with Gasteiger partial charge in [0.2, 0.25) is 0 Å². The van der Waals surface area contributed by atoms with Gasteiger partial charge in [0.1, 0.15) is 11.4 Å². The molecule has 0 saturated carbocycles. The first-order valence-electron chi connectivity index (χ1n) is 7.91. The fourth-order valence-corrected chi connectivity index (χ4v) is 2.53. The maximum atomic E-state index is 12.3. The quantitative estimate of drug-likeness (QED) is 0.509. The Morgan fingerprint density at radius 3 is 2.81 bits per heavy atom. The summed E-state index contributed by atoms with van der Waals surface area (Å²) >= 11 is 6.01. The molecule has 27 heavy (non-hydrogen) atoms. The number of carbonyl (C=O) groups excluding carboxylic acids is 1. The molecule has 8 nitrogen and oxygen atoms in total. The van der Waals surface area contributed by atoms with Crippen molar-refractivity contribution >= 4 is 28.9 Å². The number of nitro benzene ring substituents is 1. The Labute approximate surface area is 159 Å². The first-order chi connectivity index (χ1) is 12.9. The lowest BCUT2D eigenvalue weighted by Gasteiger charge is -2.07. The Balaban J connectivity index is 1.69. The van der Waals surface area contributed by atoms with Crippen molar-refractivity contribution in [2.24, 2.45) is 0 Å². The third kappa shape index (κ3) is 4.42. The van der Waals surface area contributed by atoms with Crippen molar-refractivity contribution in [1.29, 1.82) is 0 Å². The van der Waals surface area contributed by atoms with Gasteiger partial charge < -0.3 is 10.1 Å². The summed E-state index contributed by atoms with van der Waals surface area (Å²) < 4.78 is 6.96. The Kier molecular flexibility index (Phi) is 5.37. The first kappa shape index (κ1) is 18.4. The van der Waals surface area contributed by atoms with E-state index in [1.165, 1.54) is 22.9 Å². The first-order valence-corrected chi connectivity index (χ1v) is 8.29. The van der Waals surface area contributed by atoms with Gasteiger partial charge in [-0.3, -0.25) is 14.9 Å². The summed E-state index contributed by atoms with van der Waals surface area (Å²) in [5.41, 5.74) is 0.760. The SMILES string of the molecule is Cc1ccc(NC(=O)c2ccn(COc3ccccc3Cl)n2)c([N+](=O)[O-])c1. The van der Waals surface area contributed by atoms with E-state index < -0.39 is 10.8 Å². The van der Waals surface area contributed by atoms with Crippen LogP contribution in [0.15, 0.2) is 54.7 Å². The average Bonchev–Trinajstić information content (AvgIpc) is 3.11. The molecular formula is C18H15ClN4O4. The molecular weight excluding hydrogens is 372 g/mol. The molecule has 0 aliphatic carbocycles. The van der Waals surface area contributed by atoms with E-state index in [0.717, 1.165) is 5.56 Å². The lowest BCUT2D eigenvalue weighted by Crippen LogP contribution is -2.15. The molecule has 0 radical (unpaired) electrons. The van der Waals surface area contributed by atoms with Gasteiger partial charge in [-0.2, -0.15) is 5.10 Å². The van der Waals surface area contributed by atoms with Gasteiger partial charge in [-0.25, -0.2) is 4.68 Å². The smallest absolute Gasteiger partial charge is 0.293 e. The molecule has 0 saturated heterocycles.